The van der Waals surface area contributed by atoms with Crippen LogP contribution in [0.25, 0.3) is 22.4 Å². The van der Waals surface area contributed by atoms with E-state index in [9.17, 15) is 4.79 Å². The summed E-state index contributed by atoms with van der Waals surface area (Å²) in [7, 11) is 0. The Hall–Kier alpha value is -2.86. The summed E-state index contributed by atoms with van der Waals surface area (Å²) in [5, 5.41) is 8.88. The number of benzene rings is 2. The highest BCUT2D eigenvalue weighted by Crippen LogP contribution is 2.28. The van der Waals surface area contributed by atoms with Gasteiger partial charge in [-0.05, 0) is 49.7 Å². The maximum absolute atomic E-state index is 10.9. The summed E-state index contributed by atoms with van der Waals surface area (Å²) in [4.78, 5) is 21.2. The van der Waals surface area contributed by atoms with Gasteiger partial charge in [0.05, 0.1) is 5.52 Å². The molecule has 134 valence electrons. The SMILES string of the molecule is O=C(O)Oc1cccc2[nH]c(-c3cccc(CN4CCCCC4)c3)nc12. The minimum absolute atomic E-state index is 0.238. The first-order chi connectivity index (χ1) is 12.7. The number of rotatable bonds is 4. The number of aromatic amines is 1. The number of hydrogen-bond donors (Lipinski definition) is 2. The van der Waals surface area contributed by atoms with Crippen LogP contribution in [0.4, 0.5) is 4.79 Å². The first-order valence-corrected chi connectivity index (χ1v) is 8.90. The summed E-state index contributed by atoms with van der Waals surface area (Å²) < 4.78 is 4.83. The highest BCUT2D eigenvalue weighted by atomic mass is 16.7. The maximum Gasteiger partial charge on any atom is 0.511 e. The Morgan fingerprint density at radius 1 is 1.15 bits per heavy atom. The van der Waals surface area contributed by atoms with E-state index in [1.165, 1.54) is 24.8 Å². The highest BCUT2D eigenvalue weighted by molar-refractivity contribution is 5.86. The zero-order valence-corrected chi connectivity index (χ0v) is 14.4. The summed E-state index contributed by atoms with van der Waals surface area (Å²) in [5.74, 6) is 0.948. The predicted molar refractivity (Wildman–Crippen MR) is 99.3 cm³/mol. The molecule has 2 N–H and O–H groups in total. The second kappa shape index (κ2) is 7.17. The van der Waals surface area contributed by atoms with E-state index >= 15 is 0 Å². The number of likely N-dealkylation sites (tertiary alicyclic amines) is 1. The van der Waals surface area contributed by atoms with Gasteiger partial charge in [-0.1, -0.05) is 30.7 Å². The summed E-state index contributed by atoms with van der Waals surface area (Å²) in [6.07, 6.45) is 2.53. The van der Waals surface area contributed by atoms with E-state index in [-0.39, 0.29) is 5.75 Å². The first-order valence-electron chi connectivity index (χ1n) is 8.90. The number of carboxylic acid groups (broad SMARTS) is 1. The molecule has 0 aliphatic carbocycles. The van der Waals surface area contributed by atoms with Gasteiger partial charge < -0.3 is 14.8 Å². The monoisotopic (exact) mass is 351 g/mol. The number of carbonyl (C=O) groups is 1. The summed E-state index contributed by atoms with van der Waals surface area (Å²) in [6.45, 7) is 3.26. The van der Waals surface area contributed by atoms with Crippen LogP contribution in [0.3, 0.4) is 0 Å². The van der Waals surface area contributed by atoms with Gasteiger partial charge in [0, 0.05) is 12.1 Å². The Bertz CT molecular complexity index is 929. The molecule has 2 aromatic carbocycles. The van der Waals surface area contributed by atoms with E-state index in [1.807, 2.05) is 18.2 Å². The lowest BCUT2D eigenvalue weighted by atomic mass is 10.1. The van der Waals surface area contributed by atoms with Crippen LogP contribution in [0.1, 0.15) is 24.8 Å². The Kier molecular flexibility index (Phi) is 4.58. The standard InChI is InChI=1S/C20H21N3O3/c24-20(25)26-17-9-5-8-16-18(17)22-19(21-16)15-7-4-6-14(12-15)13-23-10-2-1-3-11-23/h4-9,12H,1-3,10-11,13H2,(H,21,22)(H,24,25). The van der Waals surface area contributed by atoms with E-state index in [2.05, 4.69) is 27.0 Å². The highest BCUT2D eigenvalue weighted by Gasteiger charge is 2.14. The molecule has 6 heteroatoms. The third kappa shape index (κ3) is 3.55. The molecule has 1 aromatic heterocycles. The second-order valence-electron chi connectivity index (χ2n) is 6.64. The fourth-order valence-electron chi connectivity index (χ4n) is 3.51. The van der Waals surface area contributed by atoms with E-state index in [0.29, 0.717) is 11.3 Å². The molecule has 1 saturated heterocycles. The molecule has 0 saturated carbocycles. The predicted octanol–water partition coefficient (Wildman–Crippen LogP) is 4.27. The molecule has 0 atom stereocenters. The molecule has 0 unspecified atom stereocenters. The lowest BCUT2D eigenvalue weighted by molar-refractivity contribution is 0.145. The van der Waals surface area contributed by atoms with Crippen molar-refractivity contribution in [2.24, 2.45) is 0 Å². The van der Waals surface area contributed by atoms with Crippen LogP contribution in [0.15, 0.2) is 42.5 Å². The van der Waals surface area contributed by atoms with E-state index in [4.69, 9.17) is 9.84 Å². The van der Waals surface area contributed by atoms with Gasteiger partial charge in [-0.3, -0.25) is 4.90 Å². The Morgan fingerprint density at radius 2 is 1.96 bits per heavy atom. The lowest BCUT2D eigenvalue weighted by Gasteiger charge is -2.26. The zero-order valence-electron chi connectivity index (χ0n) is 14.4. The first kappa shape index (κ1) is 16.6. The van der Waals surface area contributed by atoms with Gasteiger partial charge in [0.25, 0.3) is 0 Å². The van der Waals surface area contributed by atoms with Gasteiger partial charge in [-0.2, -0.15) is 0 Å². The lowest BCUT2D eigenvalue weighted by Crippen LogP contribution is -2.29. The maximum atomic E-state index is 10.9. The summed E-state index contributed by atoms with van der Waals surface area (Å²) in [5.41, 5.74) is 3.51. The number of nitrogens with one attached hydrogen (secondary N) is 1. The quantitative estimate of drug-likeness (QED) is 0.542. The topological polar surface area (TPSA) is 78.5 Å². The number of para-hydroxylation sites is 1. The van der Waals surface area contributed by atoms with Crippen LogP contribution in [0.5, 0.6) is 5.75 Å². The van der Waals surface area contributed by atoms with Crippen LogP contribution in [0, 0.1) is 0 Å². The van der Waals surface area contributed by atoms with Crippen LogP contribution in [-0.4, -0.2) is 39.2 Å². The molecule has 6 nitrogen and oxygen atoms in total. The average molecular weight is 351 g/mol. The third-order valence-corrected chi connectivity index (χ3v) is 4.73. The van der Waals surface area contributed by atoms with Gasteiger partial charge in [-0.25, -0.2) is 9.78 Å². The molecule has 2 heterocycles. The van der Waals surface area contributed by atoms with Crippen molar-refractivity contribution in [2.75, 3.05) is 13.1 Å². The van der Waals surface area contributed by atoms with Crippen molar-refractivity contribution >= 4 is 17.2 Å². The minimum Gasteiger partial charge on any atom is -0.449 e. The molecular formula is C20H21N3O3. The van der Waals surface area contributed by atoms with E-state index in [1.54, 1.807) is 12.1 Å². The van der Waals surface area contributed by atoms with Gasteiger partial charge >= 0.3 is 6.16 Å². The van der Waals surface area contributed by atoms with Crippen LogP contribution >= 0.6 is 0 Å². The number of hydrogen-bond acceptors (Lipinski definition) is 4. The van der Waals surface area contributed by atoms with Crippen LogP contribution in [0.2, 0.25) is 0 Å². The normalized spacial score (nSPS) is 15.2. The van der Waals surface area contributed by atoms with Crippen molar-refractivity contribution in [3.8, 4) is 17.1 Å². The molecular weight excluding hydrogens is 330 g/mol. The van der Waals surface area contributed by atoms with Crippen molar-refractivity contribution < 1.29 is 14.6 Å². The van der Waals surface area contributed by atoms with Crippen molar-refractivity contribution in [3.63, 3.8) is 0 Å². The molecule has 3 aromatic rings. The Labute approximate surface area is 151 Å². The molecule has 0 bridgehead atoms. The van der Waals surface area contributed by atoms with Crippen molar-refractivity contribution in [1.29, 1.82) is 0 Å². The van der Waals surface area contributed by atoms with Crippen LogP contribution in [-0.2, 0) is 6.54 Å². The molecule has 0 radical (unpaired) electrons. The molecule has 26 heavy (non-hydrogen) atoms. The average Bonchev–Trinajstić information content (AvgIpc) is 3.08. The number of imidazole rings is 1. The summed E-state index contributed by atoms with van der Waals surface area (Å²) in [6, 6.07) is 13.5. The molecule has 4 rings (SSSR count). The minimum atomic E-state index is -1.34. The van der Waals surface area contributed by atoms with Crippen molar-refractivity contribution in [2.45, 2.75) is 25.8 Å². The van der Waals surface area contributed by atoms with Crippen LogP contribution < -0.4 is 4.74 Å². The molecule has 1 aliphatic heterocycles. The Balaban J connectivity index is 1.62. The van der Waals surface area contributed by atoms with Gasteiger partial charge in [0.15, 0.2) is 5.75 Å². The smallest absolute Gasteiger partial charge is 0.449 e. The molecule has 1 fully saturated rings. The number of aromatic nitrogens is 2. The third-order valence-electron chi connectivity index (χ3n) is 4.73. The fourth-order valence-corrected chi connectivity index (χ4v) is 3.51. The number of piperidine rings is 1. The van der Waals surface area contributed by atoms with E-state index < -0.39 is 6.16 Å². The number of fused-ring (bicyclic) bond motifs is 1. The Morgan fingerprint density at radius 3 is 2.77 bits per heavy atom. The molecule has 1 aliphatic rings. The van der Waals surface area contributed by atoms with E-state index in [0.717, 1.165) is 30.7 Å². The fraction of sp³-hybridized carbons (Fsp3) is 0.300. The van der Waals surface area contributed by atoms with Crippen molar-refractivity contribution in [1.82, 2.24) is 14.9 Å². The van der Waals surface area contributed by atoms with Gasteiger partial charge in [0.1, 0.15) is 11.3 Å². The largest absolute Gasteiger partial charge is 0.511 e. The number of nitrogens with zero attached hydrogens (tertiary/aromatic N) is 2. The second-order valence-corrected chi connectivity index (χ2v) is 6.64. The number of H-pyrrole nitrogens is 1. The molecule has 0 amide bonds. The van der Waals surface area contributed by atoms with Gasteiger partial charge in [0.2, 0.25) is 0 Å². The molecule has 0 spiro atoms. The van der Waals surface area contributed by atoms with Gasteiger partial charge in [-0.15, -0.1) is 0 Å². The summed E-state index contributed by atoms with van der Waals surface area (Å²) >= 11 is 0. The van der Waals surface area contributed by atoms with Crippen molar-refractivity contribution in [3.05, 3.63) is 48.0 Å². The zero-order chi connectivity index (χ0) is 17.9. The number of ether oxygens (including phenoxy) is 1.